The predicted molar refractivity (Wildman–Crippen MR) is 121 cm³/mol. The molecule has 0 amide bonds. The normalized spacial score (nSPS) is 11.7. The molecule has 4 rings (SSSR count). The summed E-state index contributed by atoms with van der Waals surface area (Å²) in [6.07, 6.45) is 3.08. The van der Waals surface area contributed by atoms with Crippen LogP contribution in [0, 0.1) is 0 Å². The van der Waals surface area contributed by atoms with Crippen LogP contribution in [0.25, 0.3) is 16.8 Å². The van der Waals surface area contributed by atoms with E-state index < -0.39 is 5.60 Å². The minimum atomic E-state index is -0.992. The van der Waals surface area contributed by atoms with Crippen molar-refractivity contribution in [3.8, 4) is 17.2 Å². The second-order valence-electron chi connectivity index (χ2n) is 7.54. The van der Waals surface area contributed by atoms with Crippen molar-refractivity contribution in [1.29, 1.82) is 0 Å². The number of nitrogens with zero attached hydrogens (tertiary/aromatic N) is 3. The summed E-state index contributed by atoms with van der Waals surface area (Å²) in [7, 11) is 1.51. The molecule has 166 valence electrons. The van der Waals surface area contributed by atoms with Crippen molar-refractivity contribution in [2.75, 3.05) is 13.7 Å². The van der Waals surface area contributed by atoms with E-state index in [-0.39, 0.29) is 22.4 Å². The van der Waals surface area contributed by atoms with Crippen LogP contribution in [0.15, 0.2) is 68.3 Å². The van der Waals surface area contributed by atoms with Gasteiger partial charge in [0.05, 0.1) is 18.4 Å². The highest BCUT2D eigenvalue weighted by Gasteiger charge is 2.17. The van der Waals surface area contributed by atoms with Crippen molar-refractivity contribution >= 4 is 34.5 Å². The van der Waals surface area contributed by atoms with Crippen LogP contribution in [-0.2, 0) is 0 Å². The predicted octanol–water partition coefficient (Wildman–Crippen LogP) is 4.34. The molecule has 0 saturated carbocycles. The Bertz CT molecular complexity index is 1330. The van der Waals surface area contributed by atoms with Gasteiger partial charge in [-0.3, -0.25) is 9.36 Å². The van der Waals surface area contributed by atoms with Crippen LogP contribution in [0.5, 0.6) is 11.5 Å². The van der Waals surface area contributed by atoms with Gasteiger partial charge < -0.3 is 19.0 Å². The van der Waals surface area contributed by atoms with Gasteiger partial charge in [-0.25, -0.2) is 9.97 Å². The van der Waals surface area contributed by atoms with Gasteiger partial charge >= 0.3 is 0 Å². The molecule has 0 fully saturated rings. The van der Waals surface area contributed by atoms with Crippen molar-refractivity contribution in [3.63, 3.8) is 0 Å². The minimum absolute atomic E-state index is 0.0917. The van der Waals surface area contributed by atoms with E-state index in [1.54, 1.807) is 56.4 Å². The van der Waals surface area contributed by atoms with Crippen LogP contribution in [-0.4, -0.2) is 39.0 Å². The largest absolute Gasteiger partial charge is 0.493 e. The minimum Gasteiger partial charge on any atom is -0.493 e. The maximum Gasteiger partial charge on any atom is 0.288 e. The molecule has 32 heavy (non-hydrogen) atoms. The third-order valence-electron chi connectivity index (χ3n) is 4.33. The lowest BCUT2D eigenvalue weighted by molar-refractivity contribution is 0.0276. The lowest BCUT2D eigenvalue weighted by Gasteiger charge is -2.19. The van der Waals surface area contributed by atoms with Crippen LogP contribution in [0.3, 0.4) is 0 Å². The van der Waals surface area contributed by atoms with Gasteiger partial charge in [0, 0.05) is 23.5 Å². The van der Waals surface area contributed by atoms with Crippen LogP contribution >= 0.6 is 23.4 Å². The second kappa shape index (κ2) is 8.85. The van der Waals surface area contributed by atoms with Crippen LogP contribution in [0.4, 0.5) is 0 Å². The molecule has 0 aliphatic heterocycles. The molecule has 8 nitrogen and oxygen atoms in total. The van der Waals surface area contributed by atoms with Crippen LogP contribution < -0.4 is 15.0 Å². The molecular formula is C22H20ClN3O5S. The number of rotatable bonds is 7. The van der Waals surface area contributed by atoms with Gasteiger partial charge in [0.2, 0.25) is 0 Å². The number of halogens is 1. The lowest BCUT2D eigenvalue weighted by atomic mass is 10.2. The molecule has 0 aliphatic rings. The summed E-state index contributed by atoms with van der Waals surface area (Å²) in [4.78, 5) is 21.6. The topological polar surface area (TPSA) is 99.6 Å². The Morgan fingerprint density at radius 2 is 2.03 bits per heavy atom. The molecule has 1 N–H and O–H groups in total. The molecular weight excluding hydrogens is 454 g/mol. The Kier molecular flexibility index (Phi) is 6.14. The highest BCUT2D eigenvalue weighted by molar-refractivity contribution is 7.99. The molecule has 2 aromatic heterocycles. The Labute approximate surface area is 192 Å². The number of hydrogen-bond donors (Lipinski definition) is 1. The van der Waals surface area contributed by atoms with Gasteiger partial charge in [-0.15, -0.1) is 0 Å². The third kappa shape index (κ3) is 4.90. The fourth-order valence-corrected chi connectivity index (χ4v) is 3.76. The van der Waals surface area contributed by atoms with Crippen LogP contribution in [0.2, 0.25) is 5.02 Å². The smallest absolute Gasteiger partial charge is 0.288 e. The van der Waals surface area contributed by atoms with Gasteiger partial charge in [-0.2, -0.15) is 0 Å². The maximum atomic E-state index is 13.1. The molecule has 0 saturated heterocycles. The average molecular weight is 474 g/mol. The highest BCUT2D eigenvalue weighted by Crippen LogP contribution is 2.31. The summed E-state index contributed by atoms with van der Waals surface area (Å²) in [5, 5.41) is 10.9. The summed E-state index contributed by atoms with van der Waals surface area (Å²) < 4.78 is 18.2. The summed E-state index contributed by atoms with van der Waals surface area (Å²) in [6, 6.07) is 10.2. The maximum absolute atomic E-state index is 13.1. The standard InChI is InChI=1S/C22H20ClN3O5S/c1-22(2,28)12-30-17-7-5-14(11-18(17)29-3)26-9-8-24-19(20(26)27)32-21-25-15-10-13(23)4-6-16(15)31-21/h4-11,28H,12H2,1-3H3. The van der Waals surface area contributed by atoms with Crippen molar-refractivity contribution in [1.82, 2.24) is 14.5 Å². The highest BCUT2D eigenvalue weighted by atomic mass is 35.5. The zero-order valence-electron chi connectivity index (χ0n) is 17.5. The van der Waals surface area contributed by atoms with Crippen molar-refractivity contribution < 1.29 is 19.0 Å². The van der Waals surface area contributed by atoms with Gasteiger partial charge in [0.15, 0.2) is 22.1 Å². The first-order valence-electron chi connectivity index (χ1n) is 9.59. The first-order chi connectivity index (χ1) is 15.2. The fourth-order valence-electron chi connectivity index (χ4n) is 2.85. The molecule has 0 radical (unpaired) electrons. The van der Waals surface area contributed by atoms with E-state index in [4.69, 9.17) is 25.5 Å². The van der Waals surface area contributed by atoms with Gasteiger partial charge in [-0.05, 0) is 55.9 Å². The number of ether oxygens (including phenoxy) is 2. The monoisotopic (exact) mass is 473 g/mol. The average Bonchev–Trinajstić information content (AvgIpc) is 3.14. The van der Waals surface area contributed by atoms with E-state index in [2.05, 4.69) is 9.97 Å². The second-order valence-corrected chi connectivity index (χ2v) is 8.91. The lowest BCUT2D eigenvalue weighted by Crippen LogP contribution is -2.28. The van der Waals surface area contributed by atoms with E-state index in [1.807, 2.05) is 0 Å². The first-order valence-corrected chi connectivity index (χ1v) is 10.8. The molecule has 0 unspecified atom stereocenters. The molecule has 0 aliphatic carbocycles. The zero-order valence-corrected chi connectivity index (χ0v) is 19.1. The number of hydrogen-bond acceptors (Lipinski definition) is 8. The van der Waals surface area contributed by atoms with Gasteiger partial charge in [0.1, 0.15) is 12.1 Å². The van der Waals surface area contributed by atoms with E-state index >= 15 is 0 Å². The SMILES string of the molecule is COc1cc(-n2ccnc(Sc3nc4cc(Cl)ccc4o3)c2=O)ccc1OCC(C)(C)O. The Hall–Kier alpha value is -3.01. The Morgan fingerprint density at radius 3 is 2.78 bits per heavy atom. The van der Waals surface area contributed by atoms with Crippen molar-refractivity contribution in [2.24, 2.45) is 0 Å². The molecule has 0 spiro atoms. The quantitative estimate of drug-likeness (QED) is 0.423. The number of aliphatic hydroxyl groups is 1. The number of benzene rings is 2. The van der Waals surface area contributed by atoms with E-state index in [0.29, 0.717) is 33.3 Å². The molecule has 10 heteroatoms. The third-order valence-corrected chi connectivity index (χ3v) is 5.39. The zero-order chi connectivity index (χ0) is 22.9. The number of methoxy groups -OCH3 is 1. The van der Waals surface area contributed by atoms with Crippen molar-refractivity contribution in [3.05, 3.63) is 64.2 Å². The summed E-state index contributed by atoms with van der Waals surface area (Å²) in [5.41, 5.74) is 0.400. The molecule has 2 heterocycles. The summed E-state index contributed by atoms with van der Waals surface area (Å²) >= 11 is 7.02. The number of aromatic nitrogens is 3. The summed E-state index contributed by atoms with van der Waals surface area (Å²) in [6.45, 7) is 3.39. The Balaban J connectivity index is 1.63. The fraction of sp³-hybridized carbons (Fsp3) is 0.227. The number of oxazole rings is 1. The number of fused-ring (bicyclic) bond motifs is 1. The molecule has 0 atom stereocenters. The Morgan fingerprint density at radius 1 is 1.22 bits per heavy atom. The first kappa shape index (κ1) is 22.2. The molecule has 2 aromatic carbocycles. The summed E-state index contributed by atoms with van der Waals surface area (Å²) in [5.74, 6) is 0.890. The molecule has 4 aromatic rings. The van der Waals surface area contributed by atoms with Crippen molar-refractivity contribution in [2.45, 2.75) is 29.7 Å². The molecule has 0 bridgehead atoms. The van der Waals surface area contributed by atoms with E-state index in [0.717, 1.165) is 11.8 Å². The van der Waals surface area contributed by atoms with E-state index in [9.17, 15) is 9.90 Å². The van der Waals surface area contributed by atoms with Gasteiger partial charge in [-0.1, -0.05) is 11.6 Å². The van der Waals surface area contributed by atoms with E-state index in [1.165, 1.54) is 17.9 Å². The van der Waals surface area contributed by atoms with Crippen LogP contribution in [0.1, 0.15) is 13.8 Å². The van der Waals surface area contributed by atoms with Gasteiger partial charge in [0.25, 0.3) is 10.8 Å².